The van der Waals surface area contributed by atoms with Gasteiger partial charge in [0.1, 0.15) is 16.6 Å². The van der Waals surface area contributed by atoms with E-state index in [4.69, 9.17) is 11.6 Å². The lowest BCUT2D eigenvalue weighted by Crippen LogP contribution is -2.40. The molecule has 0 aliphatic carbocycles. The Labute approximate surface area is 171 Å². The summed E-state index contributed by atoms with van der Waals surface area (Å²) in [6, 6.07) is 15.0. The molecule has 28 heavy (non-hydrogen) atoms. The number of amides is 1. The van der Waals surface area contributed by atoms with E-state index in [1.807, 2.05) is 0 Å². The van der Waals surface area contributed by atoms with Crippen molar-refractivity contribution < 1.29 is 17.6 Å². The fourth-order valence-corrected chi connectivity index (χ4v) is 5.08. The third kappa shape index (κ3) is 4.89. The molecule has 0 saturated carbocycles. The highest BCUT2D eigenvalue weighted by Crippen LogP contribution is 2.26. The number of hydrogen-bond acceptors (Lipinski definition) is 4. The summed E-state index contributed by atoms with van der Waals surface area (Å²) in [6.07, 6.45) is 0. The highest BCUT2D eigenvalue weighted by Gasteiger charge is 2.28. The molecule has 0 saturated heterocycles. The van der Waals surface area contributed by atoms with Crippen LogP contribution < -0.4 is 9.62 Å². The normalized spacial score (nSPS) is 11.2. The van der Waals surface area contributed by atoms with Crippen molar-refractivity contribution in [3.63, 3.8) is 0 Å². The first-order chi connectivity index (χ1) is 13.4. The number of thiophene rings is 1. The van der Waals surface area contributed by atoms with Crippen LogP contribution in [0.25, 0.3) is 0 Å². The maximum absolute atomic E-state index is 13.3. The molecular weight excluding hydrogens is 423 g/mol. The van der Waals surface area contributed by atoms with Crippen LogP contribution >= 0.6 is 22.9 Å². The van der Waals surface area contributed by atoms with E-state index < -0.39 is 28.3 Å². The van der Waals surface area contributed by atoms with Crippen molar-refractivity contribution in [2.45, 2.75) is 10.8 Å². The van der Waals surface area contributed by atoms with Crippen molar-refractivity contribution in [3.8, 4) is 0 Å². The lowest BCUT2D eigenvalue weighted by molar-refractivity contribution is -0.119. The van der Waals surface area contributed by atoms with Crippen LogP contribution in [-0.2, 0) is 21.4 Å². The average molecular weight is 439 g/mol. The summed E-state index contributed by atoms with van der Waals surface area (Å²) in [5.74, 6) is -0.983. The summed E-state index contributed by atoms with van der Waals surface area (Å²) < 4.78 is 40.3. The van der Waals surface area contributed by atoms with Crippen LogP contribution in [0.5, 0.6) is 0 Å². The molecule has 1 heterocycles. The zero-order valence-electron chi connectivity index (χ0n) is 14.5. The van der Waals surface area contributed by atoms with E-state index in [1.165, 1.54) is 18.2 Å². The molecule has 0 bridgehead atoms. The smallest absolute Gasteiger partial charge is 0.274 e. The number of nitrogens with one attached hydrogen (secondary N) is 1. The summed E-state index contributed by atoms with van der Waals surface area (Å²) >= 11 is 6.88. The minimum absolute atomic E-state index is 0.0994. The molecule has 146 valence electrons. The number of rotatable bonds is 7. The highest BCUT2D eigenvalue weighted by atomic mass is 35.5. The van der Waals surface area contributed by atoms with E-state index in [0.717, 1.165) is 33.3 Å². The second kappa shape index (κ2) is 8.72. The molecule has 0 unspecified atom stereocenters. The third-order valence-corrected chi connectivity index (χ3v) is 7.24. The van der Waals surface area contributed by atoms with Crippen molar-refractivity contribution in [1.82, 2.24) is 5.32 Å². The largest absolute Gasteiger partial charge is 0.350 e. The van der Waals surface area contributed by atoms with E-state index >= 15 is 0 Å². The Bertz CT molecular complexity index is 1040. The first-order valence-corrected chi connectivity index (χ1v) is 10.9. The summed E-state index contributed by atoms with van der Waals surface area (Å²) in [5, 5.41) is 4.91. The number of sulfonamides is 1. The Morgan fingerprint density at radius 2 is 1.75 bits per heavy atom. The minimum atomic E-state index is -3.96. The Balaban J connectivity index is 1.80. The van der Waals surface area contributed by atoms with Gasteiger partial charge in [-0.2, -0.15) is 0 Å². The molecule has 0 fully saturated rings. The number of carbonyl (C=O) groups excluding carboxylic acids is 1. The van der Waals surface area contributed by atoms with E-state index in [0.29, 0.717) is 5.02 Å². The molecule has 3 aromatic rings. The minimum Gasteiger partial charge on any atom is -0.350 e. The molecular formula is C19H16ClFN2O3S2. The summed E-state index contributed by atoms with van der Waals surface area (Å²) in [6.45, 7) is -0.203. The van der Waals surface area contributed by atoms with Crippen LogP contribution in [0.2, 0.25) is 5.02 Å². The molecule has 1 amide bonds. The molecule has 5 nitrogen and oxygen atoms in total. The SMILES string of the molecule is O=C(CN(c1ccc(F)cc1)S(=O)(=O)c1cccs1)NCc1ccc(Cl)cc1. The lowest BCUT2D eigenvalue weighted by Gasteiger charge is -2.23. The number of anilines is 1. The van der Waals surface area contributed by atoms with Gasteiger partial charge >= 0.3 is 0 Å². The Hall–Kier alpha value is -2.42. The third-order valence-electron chi connectivity index (χ3n) is 3.84. The molecule has 9 heteroatoms. The van der Waals surface area contributed by atoms with E-state index in [2.05, 4.69) is 5.32 Å². The predicted octanol–water partition coefficient (Wildman–Crippen LogP) is 4.05. The van der Waals surface area contributed by atoms with Gasteiger partial charge < -0.3 is 5.32 Å². The standard InChI is InChI=1S/C19H16ClFN2O3S2/c20-15-5-3-14(4-6-15)12-22-18(24)13-23(17-9-7-16(21)8-10-17)28(25,26)19-2-1-11-27-19/h1-11H,12-13H2,(H,22,24). The van der Waals surface area contributed by atoms with Crippen LogP contribution in [-0.4, -0.2) is 20.9 Å². The Morgan fingerprint density at radius 3 is 2.36 bits per heavy atom. The molecule has 0 radical (unpaired) electrons. The molecule has 2 aromatic carbocycles. The zero-order valence-corrected chi connectivity index (χ0v) is 16.9. The maximum Gasteiger partial charge on any atom is 0.274 e. The first-order valence-electron chi connectivity index (χ1n) is 8.19. The monoisotopic (exact) mass is 438 g/mol. The molecule has 0 aliphatic heterocycles. The van der Waals surface area contributed by atoms with Crippen LogP contribution in [0.1, 0.15) is 5.56 Å². The van der Waals surface area contributed by atoms with Gasteiger partial charge in [-0.1, -0.05) is 29.8 Å². The fourth-order valence-electron chi connectivity index (χ4n) is 2.43. The zero-order chi connectivity index (χ0) is 20.1. The van der Waals surface area contributed by atoms with Gasteiger partial charge in [0.25, 0.3) is 10.0 Å². The molecule has 0 spiro atoms. The molecule has 1 aromatic heterocycles. The van der Waals surface area contributed by atoms with Gasteiger partial charge in [-0.25, -0.2) is 12.8 Å². The van der Waals surface area contributed by atoms with Gasteiger partial charge in [-0.3, -0.25) is 9.10 Å². The second-order valence-corrected chi connectivity index (χ2v) is 9.30. The van der Waals surface area contributed by atoms with Gasteiger partial charge in [-0.05, 0) is 53.4 Å². The van der Waals surface area contributed by atoms with Crippen molar-refractivity contribution in [2.24, 2.45) is 0 Å². The van der Waals surface area contributed by atoms with Gasteiger partial charge in [-0.15, -0.1) is 11.3 Å². The van der Waals surface area contributed by atoms with Crippen LogP contribution in [0.15, 0.2) is 70.3 Å². The number of benzene rings is 2. The van der Waals surface area contributed by atoms with E-state index in [1.54, 1.807) is 35.7 Å². The van der Waals surface area contributed by atoms with E-state index in [-0.39, 0.29) is 16.4 Å². The topological polar surface area (TPSA) is 66.5 Å². The van der Waals surface area contributed by atoms with Crippen LogP contribution in [0.4, 0.5) is 10.1 Å². The summed E-state index contributed by atoms with van der Waals surface area (Å²) in [5.41, 5.74) is 1.03. The maximum atomic E-state index is 13.3. The highest BCUT2D eigenvalue weighted by molar-refractivity contribution is 7.94. The van der Waals surface area contributed by atoms with Gasteiger partial charge in [0.2, 0.25) is 5.91 Å². The Morgan fingerprint density at radius 1 is 1.07 bits per heavy atom. The summed E-state index contributed by atoms with van der Waals surface area (Å²) in [7, 11) is -3.96. The van der Waals surface area contributed by atoms with Crippen molar-refractivity contribution in [3.05, 3.63) is 82.4 Å². The first kappa shape index (κ1) is 20.3. The average Bonchev–Trinajstić information content (AvgIpc) is 3.22. The Kier molecular flexibility index (Phi) is 6.33. The molecule has 0 atom stereocenters. The van der Waals surface area contributed by atoms with Gasteiger partial charge in [0.05, 0.1) is 5.69 Å². The number of halogens is 2. The molecule has 3 rings (SSSR count). The van der Waals surface area contributed by atoms with Gasteiger partial charge in [0.15, 0.2) is 0 Å². The lowest BCUT2D eigenvalue weighted by atomic mass is 10.2. The van der Waals surface area contributed by atoms with Gasteiger partial charge in [0, 0.05) is 11.6 Å². The van der Waals surface area contributed by atoms with Crippen LogP contribution in [0.3, 0.4) is 0 Å². The van der Waals surface area contributed by atoms with Crippen molar-refractivity contribution >= 4 is 44.6 Å². The van der Waals surface area contributed by atoms with Crippen LogP contribution in [0, 0.1) is 5.82 Å². The van der Waals surface area contributed by atoms with E-state index in [9.17, 15) is 17.6 Å². The quantitative estimate of drug-likeness (QED) is 0.605. The fraction of sp³-hybridized carbons (Fsp3) is 0.105. The molecule has 0 aliphatic rings. The predicted molar refractivity (Wildman–Crippen MR) is 109 cm³/mol. The number of hydrogen-bond donors (Lipinski definition) is 1. The summed E-state index contributed by atoms with van der Waals surface area (Å²) in [4.78, 5) is 12.4. The number of nitrogens with zero attached hydrogens (tertiary/aromatic N) is 1. The number of carbonyl (C=O) groups is 1. The van der Waals surface area contributed by atoms with Crippen molar-refractivity contribution in [1.29, 1.82) is 0 Å². The molecule has 1 N–H and O–H groups in total. The second-order valence-electron chi connectivity index (χ2n) is 5.82. The van der Waals surface area contributed by atoms with Crippen molar-refractivity contribution in [2.75, 3.05) is 10.8 Å².